The molecule has 0 saturated heterocycles. The molecule has 3 aromatic carbocycles. The van der Waals surface area contributed by atoms with Gasteiger partial charge in [-0.2, -0.15) is 0 Å². The molecule has 0 radical (unpaired) electrons. The second-order valence-corrected chi connectivity index (χ2v) is 10.2. The molecule has 202 valence electrons. The van der Waals surface area contributed by atoms with E-state index in [2.05, 4.69) is 11.8 Å². The van der Waals surface area contributed by atoms with Gasteiger partial charge in [0.05, 0.1) is 17.3 Å². The zero-order valence-corrected chi connectivity index (χ0v) is 26.2. The van der Waals surface area contributed by atoms with Gasteiger partial charge in [-0.3, -0.25) is 14.4 Å². The van der Waals surface area contributed by atoms with Crippen molar-refractivity contribution in [3.8, 4) is 11.8 Å². The number of hydrogen-bond donors (Lipinski definition) is 1. The van der Waals surface area contributed by atoms with Crippen LogP contribution in [0.25, 0.3) is 0 Å². The quantitative estimate of drug-likeness (QED) is 0.246. The van der Waals surface area contributed by atoms with Crippen molar-refractivity contribution in [3.63, 3.8) is 0 Å². The number of fused-ring (bicyclic) bond motifs is 1. The summed E-state index contributed by atoms with van der Waals surface area (Å²) in [5.41, 5.74) is 2.94. The molecule has 4 rings (SSSR count). The SMILES string of the molecule is CC#Cc1ccc2c(c1)C(=O)N([C@H](C)c1ccc(Cl)cc1)[C@@H](c1ccc(Cl)cc1)C(=O)N2CCCCC(=O)O.[H-].[Na+]. The molecule has 1 aliphatic rings. The van der Waals surface area contributed by atoms with Crippen LogP contribution in [-0.2, 0) is 9.59 Å². The summed E-state index contributed by atoms with van der Waals surface area (Å²) in [7, 11) is 0. The Morgan fingerprint density at radius 2 is 1.62 bits per heavy atom. The van der Waals surface area contributed by atoms with Crippen LogP contribution in [0.5, 0.6) is 0 Å². The Hall–Kier alpha value is -2.79. The largest absolute Gasteiger partial charge is 1.00 e. The fourth-order valence-corrected chi connectivity index (χ4v) is 5.08. The Labute approximate surface area is 268 Å². The van der Waals surface area contributed by atoms with Crippen LogP contribution in [0.2, 0.25) is 10.0 Å². The van der Waals surface area contributed by atoms with Gasteiger partial charge in [-0.25, -0.2) is 0 Å². The van der Waals surface area contributed by atoms with Crippen molar-refractivity contribution in [3.05, 3.63) is 99.0 Å². The fourth-order valence-electron chi connectivity index (χ4n) is 4.83. The van der Waals surface area contributed by atoms with Crippen LogP contribution >= 0.6 is 23.2 Å². The van der Waals surface area contributed by atoms with E-state index in [-0.39, 0.29) is 55.8 Å². The van der Waals surface area contributed by atoms with Crippen LogP contribution in [0.4, 0.5) is 5.69 Å². The summed E-state index contributed by atoms with van der Waals surface area (Å²) in [5.74, 6) is 4.38. The Morgan fingerprint density at radius 1 is 1.00 bits per heavy atom. The van der Waals surface area contributed by atoms with E-state index in [1.54, 1.807) is 71.3 Å². The van der Waals surface area contributed by atoms with Gasteiger partial charge in [-0.15, -0.1) is 5.92 Å². The molecule has 0 saturated carbocycles. The van der Waals surface area contributed by atoms with E-state index >= 15 is 0 Å². The molecule has 6 nitrogen and oxygen atoms in total. The minimum absolute atomic E-state index is 0. The predicted octanol–water partition coefficient (Wildman–Crippen LogP) is 4.03. The smallest absolute Gasteiger partial charge is 1.00 e. The number of benzene rings is 3. The van der Waals surface area contributed by atoms with Crippen LogP contribution in [-0.4, -0.2) is 34.3 Å². The third-order valence-corrected chi connectivity index (χ3v) is 7.28. The van der Waals surface area contributed by atoms with Crippen molar-refractivity contribution in [2.24, 2.45) is 0 Å². The second-order valence-electron chi connectivity index (χ2n) is 9.34. The van der Waals surface area contributed by atoms with Gasteiger partial charge in [0.2, 0.25) is 0 Å². The molecule has 1 N–H and O–H groups in total. The van der Waals surface area contributed by atoms with Crippen molar-refractivity contribution in [2.45, 2.75) is 45.2 Å². The van der Waals surface area contributed by atoms with Crippen molar-refractivity contribution < 1.29 is 50.5 Å². The van der Waals surface area contributed by atoms with Crippen LogP contribution < -0.4 is 34.5 Å². The molecule has 3 aromatic rings. The van der Waals surface area contributed by atoms with Gasteiger partial charge in [-0.1, -0.05) is 53.4 Å². The molecule has 2 atom stereocenters. The third kappa shape index (κ3) is 7.09. The monoisotopic (exact) mass is 586 g/mol. The first-order valence-corrected chi connectivity index (χ1v) is 13.4. The first-order valence-electron chi connectivity index (χ1n) is 12.6. The maximum Gasteiger partial charge on any atom is 1.00 e. The van der Waals surface area contributed by atoms with Crippen molar-refractivity contribution >= 4 is 46.7 Å². The molecule has 1 aliphatic heterocycles. The maximum atomic E-state index is 14.4. The predicted molar refractivity (Wildman–Crippen MR) is 154 cm³/mol. The molecular weight excluding hydrogens is 558 g/mol. The van der Waals surface area contributed by atoms with E-state index in [4.69, 9.17) is 28.3 Å². The molecule has 0 spiro atoms. The number of aliphatic carboxylic acids is 1. The van der Waals surface area contributed by atoms with E-state index in [0.29, 0.717) is 45.3 Å². The Bertz CT molecular complexity index is 1460. The number of nitrogens with zero attached hydrogens (tertiary/aromatic N) is 2. The summed E-state index contributed by atoms with van der Waals surface area (Å²) >= 11 is 12.3. The van der Waals surface area contributed by atoms with Crippen molar-refractivity contribution in [1.29, 1.82) is 0 Å². The number of hydrogen-bond acceptors (Lipinski definition) is 3. The minimum atomic E-state index is -0.951. The first-order chi connectivity index (χ1) is 18.7. The zero-order chi connectivity index (χ0) is 28.1. The Morgan fingerprint density at radius 3 is 2.23 bits per heavy atom. The number of halogens is 2. The Kier molecular flexibility index (Phi) is 11.3. The number of anilines is 1. The van der Waals surface area contributed by atoms with Gasteiger partial charge in [0.1, 0.15) is 6.04 Å². The van der Waals surface area contributed by atoms with Gasteiger partial charge >= 0.3 is 35.5 Å². The topological polar surface area (TPSA) is 77.9 Å². The van der Waals surface area contributed by atoms with Gasteiger partial charge in [-0.05, 0) is 80.3 Å². The molecule has 0 fully saturated rings. The van der Waals surface area contributed by atoms with Gasteiger partial charge in [0.25, 0.3) is 11.8 Å². The molecular formula is C31H29Cl2N2NaO4. The Balaban J connectivity index is 0.00000294. The second kappa shape index (κ2) is 14.2. The number of rotatable bonds is 8. The summed E-state index contributed by atoms with van der Waals surface area (Å²) < 4.78 is 0. The van der Waals surface area contributed by atoms with Gasteiger partial charge in [0.15, 0.2) is 0 Å². The number of carbonyl (C=O) groups excluding carboxylic acids is 2. The molecule has 2 amide bonds. The van der Waals surface area contributed by atoms with E-state index in [9.17, 15) is 14.4 Å². The van der Waals surface area contributed by atoms with E-state index in [0.717, 1.165) is 5.56 Å². The van der Waals surface area contributed by atoms with E-state index < -0.39 is 18.1 Å². The number of carbonyl (C=O) groups is 3. The molecule has 9 heteroatoms. The number of unbranched alkanes of at least 4 members (excludes halogenated alkanes) is 1. The maximum absolute atomic E-state index is 14.4. The summed E-state index contributed by atoms with van der Waals surface area (Å²) in [5, 5.41) is 10.2. The molecule has 40 heavy (non-hydrogen) atoms. The number of carboxylic acid groups (broad SMARTS) is 1. The van der Waals surface area contributed by atoms with E-state index in [1.807, 2.05) is 19.1 Å². The number of carboxylic acids is 1. The molecule has 0 bridgehead atoms. The summed E-state index contributed by atoms with van der Waals surface area (Å²) in [6.45, 7) is 3.87. The van der Waals surface area contributed by atoms with Crippen LogP contribution in [0, 0.1) is 11.8 Å². The van der Waals surface area contributed by atoms with Gasteiger partial charge in [0, 0.05) is 28.6 Å². The molecule has 0 aromatic heterocycles. The summed E-state index contributed by atoms with van der Waals surface area (Å²) in [6.07, 6.45) is 0.861. The molecule has 0 unspecified atom stereocenters. The van der Waals surface area contributed by atoms with Crippen LogP contribution in [0.15, 0.2) is 66.7 Å². The van der Waals surface area contributed by atoms with Crippen molar-refractivity contribution in [2.75, 3.05) is 11.4 Å². The summed E-state index contributed by atoms with van der Waals surface area (Å²) in [6, 6.07) is 17.9. The molecule has 0 aliphatic carbocycles. The minimum Gasteiger partial charge on any atom is -1.00 e. The standard InChI is InChI=1S/C31H28Cl2N2O4.Na.H/c1-3-6-21-8-17-27-26(19-21)30(38)35(20(2)22-9-13-24(32)14-10-22)29(23-11-15-25(33)16-12-23)31(39)34(27)18-5-4-7-28(36)37;;/h8-17,19-20,29H,4-5,7,18H2,1-2H3,(H,36,37);;/q;+1;-1/t20-,29+;;/m1../s1. The number of amides is 2. The first kappa shape index (κ1) is 31.7. The van der Waals surface area contributed by atoms with E-state index in [1.165, 1.54) is 0 Å². The normalized spacial score (nSPS) is 15.3. The van der Waals surface area contributed by atoms with Crippen LogP contribution in [0.1, 0.15) is 73.7 Å². The average Bonchev–Trinajstić information content (AvgIpc) is 3.00. The zero-order valence-electron chi connectivity index (χ0n) is 23.7. The average molecular weight is 587 g/mol. The van der Waals surface area contributed by atoms with Crippen LogP contribution in [0.3, 0.4) is 0 Å². The van der Waals surface area contributed by atoms with Gasteiger partial charge < -0.3 is 16.3 Å². The molecule has 1 heterocycles. The fraction of sp³-hybridized carbons (Fsp3) is 0.258. The summed E-state index contributed by atoms with van der Waals surface area (Å²) in [4.78, 5) is 43.1. The van der Waals surface area contributed by atoms with Crippen molar-refractivity contribution in [1.82, 2.24) is 4.90 Å². The third-order valence-electron chi connectivity index (χ3n) is 6.78.